The Bertz CT molecular complexity index is 641. The predicted molar refractivity (Wildman–Crippen MR) is 90.1 cm³/mol. The molecule has 0 aliphatic rings. The first-order valence-electron chi connectivity index (χ1n) is 7.08. The summed E-state index contributed by atoms with van der Waals surface area (Å²) in [4.78, 5) is 11.8. The Morgan fingerprint density at radius 2 is 2.05 bits per heavy atom. The fourth-order valence-electron chi connectivity index (χ4n) is 1.84. The standard InChI is InChI=1S/C15H19ClN4OS/c1-4-10(2)17-13(21)9-22-15-19-18-14(20(15)3)11-5-7-12(16)8-6-11/h5-8,10H,4,9H2,1-3H3,(H,17,21). The van der Waals surface area contributed by atoms with E-state index in [1.807, 2.05) is 49.7 Å². The van der Waals surface area contributed by atoms with Gasteiger partial charge < -0.3 is 9.88 Å². The second-order valence-electron chi connectivity index (χ2n) is 5.04. The van der Waals surface area contributed by atoms with Crippen molar-refractivity contribution in [3.8, 4) is 11.4 Å². The summed E-state index contributed by atoms with van der Waals surface area (Å²) < 4.78 is 1.88. The van der Waals surface area contributed by atoms with Crippen molar-refractivity contribution >= 4 is 29.3 Å². The molecule has 1 atom stereocenters. The van der Waals surface area contributed by atoms with Crippen LogP contribution in [0.3, 0.4) is 0 Å². The van der Waals surface area contributed by atoms with Crippen LogP contribution in [-0.2, 0) is 11.8 Å². The molecule has 0 radical (unpaired) electrons. The van der Waals surface area contributed by atoms with Crippen LogP contribution in [0.2, 0.25) is 5.02 Å². The Morgan fingerprint density at radius 3 is 2.68 bits per heavy atom. The summed E-state index contributed by atoms with van der Waals surface area (Å²) >= 11 is 7.27. The molecule has 1 N–H and O–H groups in total. The van der Waals surface area contributed by atoms with Gasteiger partial charge >= 0.3 is 0 Å². The summed E-state index contributed by atoms with van der Waals surface area (Å²) in [7, 11) is 1.89. The first-order chi connectivity index (χ1) is 10.5. The number of nitrogens with one attached hydrogen (secondary N) is 1. The number of carbonyl (C=O) groups excluding carboxylic acids is 1. The van der Waals surface area contributed by atoms with E-state index in [1.165, 1.54) is 11.8 Å². The molecule has 2 aromatic rings. The second-order valence-corrected chi connectivity index (χ2v) is 6.42. The maximum absolute atomic E-state index is 11.8. The maximum Gasteiger partial charge on any atom is 0.230 e. The molecule has 1 unspecified atom stereocenters. The van der Waals surface area contributed by atoms with Crippen molar-refractivity contribution in [3.63, 3.8) is 0 Å². The van der Waals surface area contributed by atoms with Crippen molar-refractivity contribution in [2.24, 2.45) is 7.05 Å². The number of amides is 1. The monoisotopic (exact) mass is 338 g/mol. The van der Waals surface area contributed by atoms with Gasteiger partial charge in [-0.05, 0) is 37.6 Å². The molecule has 118 valence electrons. The van der Waals surface area contributed by atoms with Gasteiger partial charge in [0.05, 0.1) is 5.75 Å². The van der Waals surface area contributed by atoms with Gasteiger partial charge in [0.25, 0.3) is 0 Å². The number of hydrogen-bond donors (Lipinski definition) is 1. The molecule has 1 amide bonds. The average molecular weight is 339 g/mol. The lowest BCUT2D eigenvalue weighted by molar-refractivity contribution is -0.119. The van der Waals surface area contributed by atoms with Crippen molar-refractivity contribution in [1.29, 1.82) is 0 Å². The Morgan fingerprint density at radius 1 is 1.36 bits per heavy atom. The normalized spacial score (nSPS) is 12.2. The third-order valence-corrected chi connectivity index (χ3v) is 4.56. The summed E-state index contributed by atoms with van der Waals surface area (Å²) in [6.45, 7) is 4.03. The smallest absolute Gasteiger partial charge is 0.230 e. The minimum atomic E-state index is 0.00962. The van der Waals surface area contributed by atoms with E-state index in [1.54, 1.807) is 0 Å². The molecular formula is C15H19ClN4OS. The molecule has 2 rings (SSSR count). The number of benzene rings is 1. The van der Waals surface area contributed by atoms with Gasteiger partial charge in [0.2, 0.25) is 5.91 Å². The number of rotatable bonds is 6. The predicted octanol–water partition coefficient (Wildman–Crippen LogP) is 3.14. The van der Waals surface area contributed by atoms with E-state index >= 15 is 0 Å². The molecule has 5 nitrogen and oxygen atoms in total. The molecule has 7 heteroatoms. The molecule has 0 aliphatic carbocycles. The fraction of sp³-hybridized carbons (Fsp3) is 0.400. The highest BCUT2D eigenvalue weighted by Crippen LogP contribution is 2.23. The third kappa shape index (κ3) is 4.24. The minimum absolute atomic E-state index is 0.00962. The molecule has 0 saturated carbocycles. The summed E-state index contributed by atoms with van der Waals surface area (Å²) in [6.07, 6.45) is 0.918. The Balaban J connectivity index is 2.02. The van der Waals surface area contributed by atoms with Gasteiger partial charge in [-0.1, -0.05) is 30.3 Å². The molecule has 1 aromatic carbocycles. The Labute approximate surface area is 139 Å². The highest BCUT2D eigenvalue weighted by Gasteiger charge is 2.13. The number of aromatic nitrogens is 3. The summed E-state index contributed by atoms with van der Waals surface area (Å²) in [5.41, 5.74) is 0.940. The number of thioether (sulfide) groups is 1. The van der Waals surface area contributed by atoms with E-state index in [4.69, 9.17) is 11.6 Å². The Hall–Kier alpha value is -1.53. The van der Waals surface area contributed by atoms with E-state index in [9.17, 15) is 4.79 Å². The zero-order valence-electron chi connectivity index (χ0n) is 12.8. The molecule has 0 spiro atoms. The van der Waals surface area contributed by atoms with Crippen LogP contribution >= 0.6 is 23.4 Å². The summed E-state index contributed by atoms with van der Waals surface area (Å²) in [6, 6.07) is 7.63. The molecule has 22 heavy (non-hydrogen) atoms. The van der Waals surface area contributed by atoms with Crippen molar-refractivity contribution < 1.29 is 4.79 Å². The fourth-order valence-corrected chi connectivity index (χ4v) is 2.69. The van der Waals surface area contributed by atoms with Gasteiger partial charge in [-0.3, -0.25) is 4.79 Å². The molecule has 0 fully saturated rings. The van der Waals surface area contributed by atoms with Crippen molar-refractivity contribution in [2.45, 2.75) is 31.5 Å². The average Bonchev–Trinajstić information content (AvgIpc) is 2.87. The van der Waals surface area contributed by atoms with Crippen LogP contribution in [0.4, 0.5) is 0 Å². The number of nitrogens with zero attached hydrogens (tertiary/aromatic N) is 3. The number of carbonyl (C=O) groups is 1. The van der Waals surface area contributed by atoms with E-state index in [2.05, 4.69) is 15.5 Å². The lowest BCUT2D eigenvalue weighted by Gasteiger charge is -2.10. The summed E-state index contributed by atoms with van der Waals surface area (Å²) in [5, 5.41) is 12.7. The van der Waals surface area contributed by atoms with Gasteiger partial charge in [-0.15, -0.1) is 10.2 Å². The van der Waals surface area contributed by atoms with Crippen LogP contribution in [0.15, 0.2) is 29.4 Å². The van der Waals surface area contributed by atoms with E-state index < -0.39 is 0 Å². The zero-order valence-corrected chi connectivity index (χ0v) is 14.4. The maximum atomic E-state index is 11.8. The van der Waals surface area contributed by atoms with E-state index in [0.717, 1.165) is 17.8 Å². The highest BCUT2D eigenvalue weighted by atomic mass is 35.5. The quantitative estimate of drug-likeness (QED) is 0.822. The topological polar surface area (TPSA) is 59.8 Å². The number of hydrogen-bond acceptors (Lipinski definition) is 4. The van der Waals surface area contributed by atoms with Crippen LogP contribution in [0, 0.1) is 0 Å². The summed E-state index contributed by atoms with van der Waals surface area (Å²) in [5.74, 6) is 1.09. The largest absolute Gasteiger partial charge is 0.353 e. The Kier molecular flexibility index (Phi) is 5.85. The molecule has 1 aromatic heterocycles. The number of halogens is 1. The van der Waals surface area contributed by atoms with E-state index in [0.29, 0.717) is 15.9 Å². The lowest BCUT2D eigenvalue weighted by atomic mass is 10.2. The van der Waals surface area contributed by atoms with Crippen LogP contribution in [0.1, 0.15) is 20.3 Å². The van der Waals surface area contributed by atoms with Crippen LogP contribution in [-0.4, -0.2) is 32.5 Å². The molecule has 0 saturated heterocycles. The SMILES string of the molecule is CCC(C)NC(=O)CSc1nnc(-c2ccc(Cl)cc2)n1C. The third-order valence-electron chi connectivity index (χ3n) is 3.29. The first kappa shape index (κ1) is 16.8. The van der Waals surface area contributed by atoms with Crippen LogP contribution in [0.5, 0.6) is 0 Å². The molecule has 0 aliphatic heterocycles. The first-order valence-corrected chi connectivity index (χ1v) is 8.45. The molecule has 1 heterocycles. The van der Waals surface area contributed by atoms with Crippen LogP contribution in [0.25, 0.3) is 11.4 Å². The highest BCUT2D eigenvalue weighted by molar-refractivity contribution is 7.99. The minimum Gasteiger partial charge on any atom is -0.353 e. The lowest BCUT2D eigenvalue weighted by Crippen LogP contribution is -2.33. The zero-order chi connectivity index (χ0) is 16.1. The molecular weight excluding hydrogens is 320 g/mol. The van der Waals surface area contributed by atoms with Gasteiger partial charge in [0.15, 0.2) is 11.0 Å². The van der Waals surface area contributed by atoms with E-state index in [-0.39, 0.29) is 11.9 Å². The van der Waals surface area contributed by atoms with Gasteiger partial charge in [0.1, 0.15) is 0 Å². The molecule has 0 bridgehead atoms. The van der Waals surface area contributed by atoms with Crippen molar-refractivity contribution in [2.75, 3.05) is 5.75 Å². The van der Waals surface area contributed by atoms with Crippen LogP contribution < -0.4 is 5.32 Å². The van der Waals surface area contributed by atoms with Gasteiger partial charge in [-0.25, -0.2) is 0 Å². The van der Waals surface area contributed by atoms with Crippen molar-refractivity contribution in [1.82, 2.24) is 20.1 Å². The van der Waals surface area contributed by atoms with Gasteiger partial charge in [-0.2, -0.15) is 0 Å². The van der Waals surface area contributed by atoms with Gasteiger partial charge in [0, 0.05) is 23.7 Å². The van der Waals surface area contributed by atoms with Crippen molar-refractivity contribution in [3.05, 3.63) is 29.3 Å². The second kappa shape index (κ2) is 7.65.